The molecule has 0 atom stereocenters. The molecule has 0 bridgehead atoms. The number of rotatable bonds is 6. The molecule has 4 heteroatoms. The van der Waals surface area contributed by atoms with E-state index in [1.807, 2.05) is 30.3 Å². The average molecular weight is 276 g/mol. The molecular weight excluding hydrogens is 252 g/mol. The summed E-state index contributed by atoms with van der Waals surface area (Å²) in [4.78, 5) is 14.0. The molecule has 1 heterocycles. The van der Waals surface area contributed by atoms with Gasteiger partial charge in [0.2, 0.25) is 0 Å². The van der Waals surface area contributed by atoms with Gasteiger partial charge in [0.25, 0.3) is 0 Å². The van der Waals surface area contributed by atoms with Crippen LogP contribution in [0.15, 0.2) is 30.3 Å². The summed E-state index contributed by atoms with van der Waals surface area (Å²) in [6.45, 7) is 4.50. The summed E-state index contributed by atoms with van der Waals surface area (Å²) in [6, 6.07) is 9.72. The van der Waals surface area contributed by atoms with E-state index in [9.17, 15) is 4.79 Å². The van der Waals surface area contributed by atoms with Crippen molar-refractivity contribution in [1.82, 2.24) is 10.2 Å². The Morgan fingerprint density at radius 1 is 1.15 bits per heavy atom. The van der Waals surface area contributed by atoms with E-state index in [2.05, 4.69) is 10.2 Å². The first-order valence-corrected chi connectivity index (χ1v) is 7.51. The zero-order valence-electron chi connectivity index (χ0n) is 12.0. The molecule has 1 N–H and O–H groups in total. The second-order valence-corrected chi connectivity index (χ2v) is 5.24. The van der Waals surface area contributed by atoms with Crippen LogP contribution in [0.5, 0.6) is 0 Å². The van der Waals surface area contributed by atoms with Gasteiger partial charge in [-0.1, -0.05) is 36.8 Å². The number of benzene rings is 1. The third kappa shape index (κ3) is 5.61. The molecule has 110 valence electrons. The Morgan fingerprint density at radius 2 is 1.90 bits per heavy atom. The molecule has 0 saturated carbocycles. The maximum Gasteiger partial charge on any atom is 0.407 e. The van der Waals surface area contributed by atoms with Crippen molar-refractivity contribution in [2.24, 2.45) is 0 Å². The lowest BCUT2D eigenvalue weighted by Crippen LogP contribution is -2.33. The second kappa shape index (κ2) is 8.59. The zero-order chi connectivity index (χ0) is 14.0. The van der Waals surface area contributed by atoms with E-state index in [0.29, 0.717) is 13.2 Å². The number of piperidine rings is 1. The Labute approximate surface area is 121 Å². The van der Waals surface area contributed by atoms with Gasteiger partial charge >= 0.3 is 6.09 Å². The third-order valence-electron chi connectivity index (χ3n) is 3.58. The molecule has 2 rings (SSSR count). The molecule has 1 aromatic carbocycles. The van der Waals surface area contributed by atoms with Crippen LogP contribution in [-0.4, -0.2) is 37.2 Å². The highest BCUT2D eigenvalue weighted by molar-refractivity contribution is 5.67. The van der Waals surface area contributed by atoms with E-state index in [1.54, 1.807) is 0 Å². The summed E-state index contributed by atoms with van der Waals surface area (Å²) in [7, 11) is 0. The van der Waals surface area contributed by atoms with Crippen LogP contribution >= 0.6 is 0 Å². The van der Waals surface area contributed by atoms with Crippen LogP contribution in [0.2, 0.25) is 0 Å². The highest BCUT2D eigenvalue weighted by atomic mass is 16.5. The van der Waals surface area contributed by atoms with Gasteiger partial charge in [0.15, 0.2) is 0 Å². The van der Waals surface area contributed by atoms with Gasteiger partial charge in [-0.2, -0.15) is 0 Å². The molecule has 0 aliphatic carbocycles. The van der Waals surface area contributed by atoms with Gasteiger partial charge in [-0.25, -0.2) is 4.79 Å². The van der Waals surface area contributed by atoms with Crippen LogP contribution in [-0.2, 0) is 11.3 Å². The van der Waals surface area contributed by atoms with Gasteiger partial charge in [0, 0.05) is 6.54 Å². The molecule has 1 aromatic rings. The normalized spacial score (nSPS) is 15.8. The number of carbonyl (C=O) groups is 1. The molecule has 0 unspecified atom stereocenters. The Morgan fingerprint density at radius 3 is 2.65 bits per heavy atom. The number of ether oxygens (including phenoxy) is 1. The predicted octanol–water partition coefficient (Wildman–Crippen LogP) is 2.79. The number of nitrogens with one attached hydrogen (secondary N) is 1. The van der Waals surface area contributed by atoms with Crippen molar-refractivity contribution in [2.45, 2.75) is 32.3 Å². The van der Waals surface area contributed by atoms with E-state index >= 15 is 0 Å². The van der Waals surface area contributed by atoms with E-state index in [-0.39, 0.29) is 6.09 Å². The monoisotopic (exact) mass is 276 g/mol. The first kappa shape index (κ1) is 14.9. The van der Waals surface area contributed by atoms with E-state index in [0.717, 1.165) is 18.5 Å². The first-order valence-electron chi connectivity index (χ1n) is 7.51. The van der Waals surface area contributed by atoms with Gasteiger partial charge in [0.05, 0.1) is 0 Å². The molecule has 0 spiro atoms. The third-order valence-corrected chi connectivity index (χ3v) is 3.58. The maximum absolute atomic E-state index is 11.5. The Hall–Kier alpha value is -1.55. The van der Waals surface area contributed by atoms with E-state index in [1.165, 1.54) is 32.4 Å². The van der Waals surface area contributed by atoms with Crippen molar-refractivity contribution in [1.29, 1.82) is 0 Å². The number of carbonyl (C=O) groups excluding carboxylic acids is 1. The number of amides is 1. The Kier molecular flexibility index (Phi) is 6.38. The van der Waals surface area contributed by atoms with Crippen molar-refractivity contribution in [3.8, 4) is 0 Å². The van der Waals surface area contributed by atoms with Gasteiger partial charge < -0.3 is 15.0 Å². The van der Waals surface area contributed by atoms with Crippen LogP contribution in [0.4, 0.5) is 4.79 Å². The molecule has 1 amide bonds. The second-order valence-electron chi connectivity index (χ2n) is 5.24. The average Bonchev–Trinajstić information content (AvgIpc) is 2.52. The summed E-state index contributed by atoms with van der Waals surface area (Å²) in [5, 5.41) is 2.80. The maximum atomic E-state index is 11.5. The zero-order valence-corrected chi connectivity index (χ0v) is 12.0. The molecule has 0 aromatic heterocycles. The molecule has 1 saturated heterocycles. The first-order chi connectivity index (χ1) is 9.84. The number of alkyl carbamates (subject to hydrolysis) is 1. The van der Waals surface area contributed by atoms with Gasteiger partial charge in [-0.15, -0.1) is 0 Å². The van der Waals surface area contributed by atoms with Crippen LogP contribution in [0, 0.1) is 0 Å². The fourth-order valence-electron chi connectivity index (χ4n) is 2.45. The van der Waals surface area contributed by atoms with Crippen LogP contribution < -0.4 is 5.32 Å². The van der Waals surface area contributed by atoms with Crippen LogP contribution in [0.1, 0.15) is 31.2 Å². The molecule has 0 radical (unpaired) electrons. The number of hydrogen-bond acceptors (Lipinski definition) is 3. The molecule has 20 heavy (non-hydrogen) atoms. The Balaban J connectivity index is 1.51. The summed E-state index contributed by atoms with van der Waals surface area (Å²) >= 11 is 0. The van der Waals surface area contributed by atoms with Crippen LogP contribution in [0.25, 0.3) is 0 Å². The summed E-state index contributed by atoms with van der Waals surface area (Å²) in [6.07, 6.45) is 4.65. The SMILES string of the molecule is O=C(NCCCN1CCCCC1)OCc1ccccc1. The van der Waals surface area contributed by atoms with Crippen LogP contribution in [0.3, 0.4) is 0 Å². The number of hydrogen-bond donors (Lipinski definition) is 1. The van der Waals surface area contributed by atoms with Crippen molar-refractivity contribution in [2.75, 3.05) is 26.2 Å². The fourth-order valence-corrected chi connectivity index (χ4v) is 2.45. The van der Waals surface area contributed by atoms with Crippen molar-refractivity contribution in [3.63, 3.8) is 0 Å². The minimum atomic E-state index is -0.326. The minimum absolute atomic E-state index is 0.326. The van der Waals surface area contributed by atoms with Gasteiger partial charge in [-0.3, -0.25) is 0 Å². The van der Waals surface area contributed by atoms with Crippen molar-refractivity contribution < 1.29 is 9.53 Å². The largest absolute Gasteiger partial charge is 0.445 e. The number of likely N-dealkylation sites (tertiary alicyclic amines) is 1. The summed E-state index contributed by atoms with van der Waals surface area (Å²) in [5.41, 5.74) is 1.01. The topological polar surface area (TPSA) is 41.6 Å². The molecule has 1 aliphatic heterocycles. The molecular formula is C16H24N2O2. The Bertz CT molecular complexity index is 389. The smallest absolute Gasteiger partial charge is 0.407 e. The predicted molar refractivity (Wildman–Crippen MR) is 79.5 cm³/mol. The highest BCUT2D eigenvalue weighted by Crippen LogP contribution is 2.08. The standard InChI is InChI=1S/C16H24N2O2/c19-16(20-14-15-8-3-1-4-9-15)17-10-7-13-18-11-5-2-6-12-18/h1,3-4,8-9H,2,5-7,10-14H2,(H,17,19). The molecule has 4 nitrogen and oxygen atoms in total. The van der Waals surface area contributed by atoms with Crippen molar-refractivity contribution in [3.05, 3.63) is 35.9 Å². The van der Waals surface area contributed by atoms with E-state index in [4.69, 9.17) is 4.74 Å². The lowest BCUT2D eigenvalue weighted by atomic mass is 10.1. The number of nitrogens with zero attached hydrogens (tertiary/aromatic N) is 1. The lowest BCUT2D eigenvalue weighted by molar-refractivity contribution is 0.138. The van der Waals surface area contributed by atoms with Gasteiger partial charge in [-0.05, 0) is 44.5 Å². The summed E-state index contributed by atoms with van der Waals surface area (Å²) in [5.74, 6) is 0. The highest BCUT2D eigenvalue weighted by Gasteiger charge is 2.09. The fraction of sp³-hybridized carbons (Fsp3) is 0.562. The minimum Gasteiger partial charge on any atom is -0.445 e. The summed E-state index contributed by atoms with van der Waals surface area (Å²) < 4.78 is 5.16. The lowest BCUT2D eigenvalue weighted by Gasteiger charge is -2.26. The quantitative estimate of drug-likeness (QED) is 0.812. The van der Waals surface area contributed by atoms with E-state index < -0.39 is 0 Å². The molecule has 1 aliphatic rings. The molecule has 1 fully saturated rings. The van der Waals surface area contributed by atoms with Crippen molar-refractivity contribution >= 4 is 6.09 Å². The van der Waals surface area contributed by atoms with Gasteiger partial charge in [0.1, 0.15) is 6.61 Å².